The van der Waals surface area contributed by atoms with Crippen molar-refractivity contribution in [1.82, 2.24) is 9.88 Å². The smallest absolute Gasteiger partial charge is 0.255 e. The first kappa shape index (κ1) is 18.6. The van der Waals surface area contributed by atoms with Crippen molar-refractivity contribution in [3.05, 3.63) is 62.5 Å². The molecular weight excluding hydrogens is 383 g/mol. The monoisotopic (exact) mass is 404 g/mol. The topological polar surface area (TPSA) is 45.3 Å². The fourth-order valence-electron chi connectivity index (χ4n) is 3.72. The lowest BCUT2D eigenvalue weighted by Gasteiger charge is -2.33. The zero-order valence-electron chi connectivity index (χ0n) is 15.0. The highest BCUT2D eigenvalue weighted by molar-refractivity contribution is 6.32. The first-order valence-corrected chi connectivity index (χ1v) is 10.1. The van der Waals surface area contributed by atoms with E-state index in [1.807, 2.05) is 18.2 Å². The van der Waals surface area contributed by atoms with E-state index >= 15 is 0 Å². The highest BCUT2D eigenvalue weighted by Gasteiger charge is 2.22. The van der Waals surface area contributed by atoms with Crippen molar-refractivity contribution in [2.24, 2.45) is 0 Å². The summed E-state index contributed by atoms with van der Waals surface area (Å²) in [6, 6.07) is 5.41. The number of piperidine rings is 1. The molecule has 1 aromatic heterocycles. The Bertz CT molecular complexity index is 956. The minimum Gasteiger partial charge on any atom is -0.489 e. The lowest BCUT2D eigenvalue weighted by atomic mass is 10.0. The van der Waals surface area contributed by atoms with Crippen LogP contribution in [0.4, 0.5) is 0 Å². The lowest BCUT2D eigenvalue weighted by molar-refractivity contribution is 0.105. The van der Waals surface area contributed by atoms with Crippen molar-refractivity contribution in [2.75, 3.05) is 19.6 Å². The maximum absolute atomic E-state index is 11.9. The Kier molecular flexibility index (Phi) is 5.58. The molecule has 0 saturated carbocycles. The number of pyridine rings is 1. The van der Waals surface area contributed by atoms with E-state index in [4.69, 9.17) is 27.9 Å². The van der Waals surface area contributed by atoms with E-state index in [1.165, 1.54) is 5.57 Å². The number of hydrogen-bond acceptors (Lipinski definition) is 3. The molecule has 4 rings (SSSR count). The van der Waals surface area contributed by atoms with Crippen molar-refractivity contribution in [3.8, 4) is 5.75 Å². The molecule has 2 aromatic rings. The molecule has 27 heavy (non-hydrogen) atoms. The molecule has 0 radical (unpaired) electrons. The molecule has 0 bridgehead atoms. The number of likely N-dealkylation sites (tertiary alicyclic amines) is 1. The van der Waals surface area contributed by atoms with Gasteiger partial charge in [0, 0.05) is 36.2 Å². The van der Waals surface area contributed by atoms with Crippen molar-refractivity contribution < 1.29 is 4.74 Å². The van der Waals surface area contributed by atoms with Gasteiger partial charge in [0.25, 0.3) is 5.56 Å². The summed E-state index contributed by atoms with van der Waals surface area (Å²) in [6.45, 7) is 3.02. The number of nitrogens with one attached hydrogen (secondary N) is 1. The molecule has 2 heterocycles. The fraction of sp³-hybridized carbons (Fsp3) is 0.381. The molecule has 1 fully saturated rings. The van der Waals surface area contributed by atoms with E-state index < -0.39 is 0 Å². The molecule has 1 N–H and O–H groups in total. The summed E-state index contributed by atoms with van der Waals surface area (Å²) in [6.07, 6.45) is 9.90. The number of H-pyrrole nitrogens is 1. The second-order valence-corrected chi connectivity index (χ2v) is 8.10. The second-order valence-electron chi connectivity index (χ2n) is 7.21. The van der Waals surface area contributed by atoms with E-state index in [-0.39, 0.29) is 11.7 Å². The fourth-order valence-corrected chi connectivity index (χ4v) is 4.08. The van der Waals surface area contributed by atoms with Crippen LogP contribution in [0.3, 0.4) is 0 Å². The van der Waals surface area contributed by atoms with Crippen molar-refractivity contribution in [3.63, 3.8) is 0 Å². The van der Waals surface area contributed by atoms with Gasteiger partial charge in [-0.2, -0.15) is 0 Å². The molecule has 4 nitrogen and oxygen atoms in total. The van der Waals surface area contributed by atoms with Crippen molar-refractivity contribution in [1.29, 1.82) is 0 Å². The molecule has 142 valence electrons. The number of aromatic nitrogens is 1. The molecule has 1 aliphatic heterocycles. The molecular formula is C21H22Cl2N2O2. The number of ether oxygens (including phenoxy) is 1. The van der Waals surface area contributed by atoms with Crippen LogP contribution in [-0.2, 0) is 0 Å². The number of halogens is 2. The van der Waals surface area contributed by atoms with Gasteiger partial charge in [0.05, 0.1) is 5.02 Å². The summed E-state index contributed by atoms with van der Waals surface area (Å²) >= 11 is 12.4. The lowest BCUT2D eigenvalue weighted by Crippen LogP contribution is -2.39. The predicted molar refractivity (Wildman–Crippen MR) is 111 cm³/mol. The first-order chi connectivity index (χ1) is 13.1. The van der Waals surface area contributed by atoms with E-state index in [0.29, 0.717) is 16.2 Å². The second kappa shape index (κ2) is 8.09. The molecule has 2 aliphatic rings. The van der Waals surface area contributed by atoms with E-state index in [1.54, 1.807) is 12.3 Å². The van der Waals surface area contributed by atoms with E-state index in [2.05, 4.69) is 16.0 Å². The van der Waals surface area contributed by atoms with Gasteiger partial charge >= 0.3 is 0 Å². The van der Waals surface area contributed by atoms with Crippen LogP contribution in [0, 0.1) is 0 Å². The third kappa shape index (κ3) is 4.40. The van der Waals surface area contributed by atoms with Gasteiger partial charge < -0.3 is 9.72 Å². The Morgan fingerprint density at radius 3 is 2.70 bits per heavy atom. The van der Waals surface area contributed by atoms with Crippen LogP contribution in [0.25, 0.3) is 10.8 Å². The van der Waals surface area contributed by atoms with Crippen LogP contribution in [0.15, 0.2) is 51.9 Å². The molecule has 0 amide bonds. The number of allylic oxidation sites excluding steroid dienone is 3. The standard InChI is InChI=1S/C21H22Cl2N2O2/c22-16-3-1-14(2-4-16)13-25-9-6-17(7-10-25)27-20-11-15-5-8-24-21(26)18(15)12-19(20)23/h1,3,5,8,11-12,17H,2,4,6-7,9-10,13H2,(H,24,26). The molecule has 0 atom stereocenters. The van der Waals surface area contributed by atoms with Gasteiger partial charge in [0.15, 0.2) is 0 Å². The van der Waals surface area contributed by atoms with Gasteiger partial charge in [0.2, 0.25) is 0 Å². The SMILES string of the molecule is O=c1[nH]ccc2cc(OC3CCN(CC4=CC=C(Cl)CC4)CC3)c(Cl)cc12. The Morgan fingerprint density at radius 2 is 1.96 bits per heavy atom. The van der Waals surface area contributed by atoms with Crippen LogP contribution in [0.2, 0.25) is 5.02 Å². The molecule has 0 spiro atoms. The summed E-state index contributed by atoms with van der Waals surface area (Å²) in [4.78, 5) is 17.0. The number of fused-ring (bicyclic) bond motifs is 1. The van der Waals surface area contributed by atoms with Gasteiger partial charge in [-0.25, -0.2) is 0 Å². The van der Waals surface area contributed by atoms with E-state index in [0.717, 1.165) is 55.7 Å². The molecule has 6 heteroatoms. The number of aromatic amines is 1. The maximum atomic E-state index is 11.9. The number of nitrogens with zero attached hydrogens (tertiary/aromatic N) is 1. The van der Waals surface area contributed by atoms with Gasteiger partial charge in [-0.3, -0.25) is 9.69 Å². The van der Waals surface area contributed by atoms with E-state index in [9.17, 15) is 4.79 Å². The minimum absolute atomic E-state index is 0.137. The van der Waals surface area contributed by atoms with Gasteiger partial charge in [0.1, 0.15) is 11.9 Å². The average Bonchev–Trinajstić information content (AvgIpc) is 2.67. The largest absolute Gasteiger partial charge is 0.489 e. The summed E-state index contributed by atoms with van der Waals surface area (Å²) in [7, 11) is 0. The van der Waals surface area contributed by atoms with Crippen LogP contribution < -0.4 is 10.3 Å². The van der Waals surface area contributed by atoms with Gasteiger partial charge in [-0.15, -0.1) is 0 Å². The summed E-state index contributed by atoms with van der Waals surface area (Å²) in [5.41, 5.74) is 1.31. The quantitative estimate of drug-likeness (QED) is 0.790. The first-order valence-electron chi connectivity index (χ1n) is 9.32. The molecule has 1 saturated heterocycles. The highest BCUT2D eigenvalue weighted by atomic mass is 35.5. The Hall–Kier alpha value is -1.75. The third-order valence-corrected chi connectivity index (χ3v) is 5.88. The maximum Gasteiger partial charge on any atom is 0.255 e. The average molecular weight is 405 g/mol. The molecule has 1 aromatic carbocycles. The minimum atomic E-state index is -0.137. The van der Waals surface area contributed by atoms with Crippen LogP contribution in [-0.4, -0.2) is 35.6 Å². The molecule has 1 aliphatic carbocycles. The van der Waals surface area contributed by atoms with Crippen molar-refractivity contribution >= 4 is 34.0 Å². The number of rotatable bonds is 4. The van der Waals surface area contributed by atoms with Crippen LogP contribution in [0.1, 0.15) is 25.7 Å². The van der Waals surface area contributed by atoms with Crippen molar-refractivity contribution in [2.45, 2.75) is 31.8 Å². The summed E-state index contributed by atoms with van der Waals surface area (Å²) < 4.78 is 6.17. The molecule has 0 unspecified atom stereocenters. The summed E-state index contributed by atoms with van der Waals surface area (Å²) in [5, 5.41) is 2.85. The summed E-state index contributed by atoms with van der Waals surface area (Å²) in [5.74, 6) is 0.656. The third-order valence-electron chi connectivity index (χ3n) is 5.27. The highest BCUT2D eigenvalue weighted by Crippen LogP contribution is 2.31. The van der Waals surface area contributed by atoms with Gasteiger partial charge in [-0.1, -0.05) is 34.9 Å². The number of hydrogen-bond donors (Lipinski definition) is 1. The zero-order valence-corrected chi connectivity index (χ0v) is 16.5. The predicted octanol–water partition coefficient (Wildman–Crippen LogP) is 4.87. The normalized spacial score (nSPS) is 19.0. The Morgan fingerprint density at radius 1 is 1.15 bits per heavy atom. The Balaban J connectivity index is 1.37. The zero-order chi connectivity index (χ0) is 18.8. The van der Waals surface area contributed by atoms with Crippen LogP contribution >= 0.6 is 23.2 Å². The van der Waals surface area contributed by atoms with Gasteiger partial charge in [-0.05, 0) is 55.3 Å². The Labute approximate surface area is 168 Å². The number of benzene rings is 1. The van der Waals surface area contributed by atoms with Crippen LogP contribution in [0.5, 0.6) is 5.75 Å².